The van der Waals surface area contributed by atoms with E-state index in [2.05, 4.69) is 20.4 Å². The Morgan fingerprint density at radius 2 is 2.22 bits per heavy atom. The monoisotopic (exact) mass is 253 g/mol. The number of aliphatic hydroxyl groups excluding tert-OH is 1. The van der Waals surface area contributed by atoms with Crippen LogP contribution in [0.3, 0.4) is 0 Å². The van der Waals surface area contributed by atoms with Gasteiger partial charge in [0, 0.05) is 13.1 Å². The van der Waals surface area contributed by atoms with E-state index in [9.17, 15) is 5.11 Å². The van der Waals surface area contributed by atoms with E-state index in [-0.39, 0.29) is 18.8 Å². The van der Waals surface area contributed by atoms with Gasteiger partial charge in [-0.25, -0.2) is 4.68 Å². The van der Waals surface area contributed by atoms with E-state index in [1.165, 1.54) is 12.8 Å². The number of ether oxygens (including phenoxy) is 1. The van der Waals surface area contributed by atoms with E-state index < -0.39 is 0 Å². The van der Waals surface area contributed by atoms with Gasteiger partial charge in [-0.05, 0) is 30.2 Å². The minimum absolute atomic E-state index is 0.0639. The Bertz CT molecular complexity index is 406. The third kappa shape index (κ3) is 2.52. The molecule has 1 N–H and O–H groups in total. The molecule has 2 atom stereocenters. The maximum Gasteiger partial charge on any atom is 0.165 e. The molecule has 0 amide bonds. The van der Waals surface area contributed by atoms with Crippen LogP contribution in [0.2, 0.25) is 0 Å². The standard InChI is InChI=1S/C11H19N5O2/c1-8-4-15(5-10(7-17)18-8)6-11-12-13-14-16(11)9-2-3-9/h8-10,17H,2-7H2,1H3. The van der Waals surface area contributed by atoms with Crippen LogP contribution in [0, 0.1) is 0 Å². The zero-order chi connectivity index (χ0) is 12.5. The van der Waals surface area contributed by atoms with Gasteiger partial charge in [-0.1, -0.05) is 0 Å². The zero-order valence-corrected chi connectivity index (χ0v) is 10.6. The van der Waals surface area contributed by atoms with Gasteiger partial charge in [0.1, 0.15) is 0 Å². The first-order valence-electron chi connectivity index (χ1n) is 6.51. The van der Waals surface area contributed by atoms with Crippen LogP contribution in [0.25, 0.3) is 0 Å². The Labute approximate surface area is 106 Å². The Kier molecular flexibility index (Phi) is 3.27. The van der Waals surface area contributed by atoms with Gasteiger partial charge in [0.05, 0.1) is 31.4 Å². The Morgan fingerprint density at radius 3 is 2.94 bits per heavy atom. The summed E-state index contributed by atoms with van der Waals surface area (Å²) in [4.78, 5) is 2.25. The van der Waals surface area contributed by atoms with Crippen molar-refractivity contribution in [2.75, 3.05) is 19.7 Å². The minimum atomic E-state index is -0.0981. The Morgan fingerprint density at radius 1 is 1.39 bits per heavy atom. The van der Waals surface area contributed by atoms with E-state index in [4.69, 9.17) is 4.74 Å². The van der Waals surface area contributed by atoms with Gasteiger partial charge in [0.25, 0.3) is 0 Å². The van der Waals surface area contributed by atoms with Gasteiger partial charge in [-0.2, -0.15) is 0 Å². The van der Waals surface area contributed by atoms with Crippen LogP contribution in [0.15, 0.2) is 0 Å². The quantitative estimate of drug-likeness (QED) is 0.786. The van der Waals surface area contributed by atoms with E-state index >= 15 is 0 Å². The molecule has 2 heterocycles. The molecule has 1 aliphatic carbocycles. The fraction of sp³-hybridized carbons (Fsp3) is 0.909. The summed E-state index contributed by atoms with van der Waals surface area (Å²) in [5.41, 5.74) is 0. The lowest BCUT2D eigenvalue weighted by Crippen LogP contribution is -2.47. The van der Waals surface area contributed by atoms with E-state index in [1.807, 2.05) is 11.6 Å². The van der Waals surface area contributed by atoms with Gasteiger partial charge < -0.3 is 9.84 Å². The summed E-state index contributed by atoms with van der Waals surface area (Å²) in [5.74, 6) is 0.920. The lowest BCUT2D eigenvalue weighted by Gasteiger charge is -2.35. The molecule has 18 heavy (non-hydrogen) atoms. The number of nitrogens with zero attached hydrogens (tertiary/aromatic N) is 5. The fourth-order valence-corrected chi connectivity index (χ4v) is 2.49. The topological polar surface area (TPSA) is 76.3 Å². The summed E-state index contributed by atoms with van der Waals surface area (Å²) < 4.78 is 7.56. The summed E-state index contributed by atoms with van der Waals surface area (Å²) in [5, 5.41) is 21.1. The molecule has 3 rings (SSSR count). The van der Waals surface area contributed by atoms with Crippen molar-refractivity contribution in [2.45, 2.75) is 44.6 Å². The molecule has 2 aliphatic rings. The lowest BCUT2D eigenvalue weighted by atomic mass is 10.2. The molecule has 1 aromatic heterocycles. The van der Waals surface area contributed by atoms with Gasteiger partial charge in [-0.3, -0.25) is 4.90 Å². The number of hydrogen-bond donors (Lipinski definition) is 1. The van der Waals surface area contributed by atoms with E-state index in [0.717, 1.165) is 25.5 Å². The molecular weight excluding hydrogens is 234 g/mol. The third-order valence-corrected chi connectivity index (χ3v) is 3.42. The molecule has 1 saturated heterocycles. The molecule has 100 valence electrons. The minimum Gasteiger partial charge on any atom is -0.394 e. The molecule has 1 saturated carbocycles. The number of rotatable bonds is 4. The highest BCUT2D eigenvalue weighted by atomic mass is 16.5. The number of morpholine rings is 1. The highest BCUT2D eigenvalue weighted by Gasteiger charge is 2.30. The second-order valence-electron chi connectivity index (χ2n) is 5.22. The lowest BCUT2D eigenvalue weighted by molar-refractivity contribution is -0.0979. The molecule has 7 heteroatoms. The van der Waals surface area contributed by atoms with Crippen LogP contribution in [-0.4, -0.2) is 62.1 Å². The van der Waals surface area contributed by atoms with Gasteiger partial charge in [-0.15, -0.1) is 5.10 Å². The molecule has 0 radical (unpaired) electrons. The van der Waals surface area contributed by atoms with Crippen molar-refractivity contribution in [1.29, 1.82) is 0 Å². The number of aliphatic hydroxyl groups is 1. The molecule has 0 bridgehead atoms. The van der Waals surface area contributed by atoms with Crippen LogP contribution in [0.1, 0.15) is 31.6 Å². The smallest absolute Gasteiger partial charge is 0.165 e. The second kappa shape index (κ2) is 4.91. The highest BCUT2D eigenvalue weighted by Crippen LogP contribution is 2.34. The number of aromatic nitrogens is 4. The molecule has 7 nitrogen and oxygen atoms in total. The molecule has 2 unspecified atom stereocenters. The predicted octanol–water partition coefficient (Wildman–Crippen LogP) is -0.410. The summed E-state index contributed by atoms with van der Waals surface area (Å²) in [6.07, 6.45) is 2.40. The zero-order valence-electron chi connectivity index (χ0n) is 10.6. The SMILES string of the molecule is CC1CN(Cc2nnnn2C2CC2)CC(CO)O1. The van der Waals surface area contributed by atoms with Crippen molar-refractivity contribution in [3.05, 3.63) is 5.82 Å². The summed E-state index contributed by atoms with van der Waals surface area (Å²) in [6.45, 7) is 4.41. The molecule has 1 aromatic rings. The maximum absolute atomic E-state index is 9.21. The average molecular weight is 253 g/mol. The number of tetrazole rings is 1. The first-order valence-corrected chi connectivity index (χ1v) is 6.51. The van der Waals surface area contributed by atoms with Gasteiger partial charge in [0.2, 0.25) is 0 Å². The highest BCUT2D eigenvalue weighted by molar-refractivity contribution is 4.91. The summed E-state index contributed by atoms with van der Waals surface area (Å²) >= 11 is 0. The van der Waals surface area contributed by atoms with Crippen LogP contribution >= 0.6 is 0 Å². The van der Waals surface area contributed by atoms with Crippen molar-refractivity contribution in [3.63, 3.8) is 0 Å². The first kappa shape index (κ1) is 12.0. The molecule has 1 aliphatic heterocycles. The molecular formula is C11H19N5O2. The number of hydrogen-bond acceptors (Lipinski definition) is 6. The van der Waals surface area contributed by atoms with Crippen molar-refractivity contribution in [1.82, 2.24) is 25.1 Å². The third-order valence-electron chi connectivity index (χ3n) is 3.42. The van der Waals surface area contributed by atoms with Crippen LogP contribution < -0.4 is 0 Å². The summed E-state index contributed by atoms with van der Waals surface area (Å²) in [6, 6.07) is 0.502. The van der Waals surface area contributed by atoms with Crippen molar-refractivity contribution >= 4 is 0 Å². The fourth-order valence-electron chi connectivity index (χ4n) is 2.49. The van der Waals surface area contributed by atoms with Crippen molar-refractivity contribution in [2.24, 2.45) is 0 Å². The maximum atomic E-state index is 9.21. The van der Waals surface area contributed by atoms with E-state index in [1.54, 1.807) is 0 Å². The van der Waals surface area contributed by atoms with Crippen LogP contribution in [-0.2, 0) is 11.3 Å². The van der Waals surface area contributed by atoms with Crippen LogP contribution in [0.4, 0.5) is 0 Å². The second-order valence-corrected chi connectivity index (χ2v) is 5.22. The molecule has 0 spiro atoms. The summed E-state index contributed by atoms with van der Waals surface area (Å²) in [7, 11) is 0. The predicted molar refractivity (Wildman–Crippen MR) is 62.8 cm³/mol. The average Bonchev–Trinajstić information content (AvgIpc) is 3.10. The van der Waals surface area contributed by atoms with E-state index in [0.29, 0.717) is 6.04 Å². The normalized spacial score (nSPS) is 29.7. The van der Waals surface area contributed by atoms with Crippen molar-refractivity contribution in [3.8, 4) is 0 Å². The van der Waals surface area contributed by atoms with Crippen molar-refractivity contribution < 1.29 is 9.84 Å². The Hall–Kier alpha value is -1.05. The van der Waals surface area contributed by atoms with Gasteiger partial charge in [0.15, 0.2) is 5.82 Å². The van der Waals surface area contributed by atoms with Gasteiger partial charge >= 0.3 is 0 Å². The Balaban J connectivity index is 1.65. The molecule has 0 aromatic carbocycles. The first-order chi connectivity index (χ1) is 8.76. The van der Waals surface area contributed by atoms with Crippen LogP contribution in [0.5, 0.6) is 0 Å². The largest absolute Gasteiger partial charge is 0.394 e. The molecule has 2 fully saturated rings.